The van der Waals surface area contributed by atoms with Gasteiger partial charge in [-0.1, -0.05) is 248 Å². The monoisotopic (exact) mass is 734 g/mol. The predicted molar refractivity (Wildman–Crippen MR) is 242 cm³/mol. The Labute approximate surface area is 337 Å². The van der Waals surface area contributed by atoms with Gasteiger partial charge in [-0.25, -0.2) is 0 Å². The molecular weight excluding hydrogens is 649 g/mol. The van der Waals surface area contributed by atoms with Gasteiger partial charge in [-0.05, 0) is 84.2 Å². The second-order valence-electron chi connectivity index (χ2n) is 16.8. The molecule has 0 heterocycles. The molecule has 0 saturated carbocycles. The van der Waals surface area contributed by atoms with Crippen LogP contribution >= 0.6 is 0 Å². The quantitative estimate of drug-likeness (QED) is 0.0536. The molecule has 1 radical (unpaired) electrons. The van der Waals surface area contributed by atoms with Gasteiger partial charge in [0.2, 0.25) is 0 Å². The first-order chi connectivity index (χ1) is 26.7. The van der Waals surface area contributed by atoms with Crippen molar-refractivity contribution in [3.05, 3.63) is 112 Å². The van der Waals surface area contributed by atoms with E-state index in [0.29, 0.717) is 5.92 Å². The minimum absolute atomic E-state index is 0.415. The van der Waals surface area contributed by atoms with E-state index in [1.165, 1.54) is 193 Å². The van der Waals surface area contributed by atoms with Crippen molar-refractivity contribution in [2.75, 3.05) is 0 Å². The number of unbranched alkanes of at least 4 members (excludes halogenated alkanes) is 22. The van der Waals surface area contributed by atoms with E-state index in [2.05, 4.69) is 100 Å². The fourth-order valence-electron chi connectivity index (χ4n) is 8.85. The molecule has 0 heteroatoms. The van der Waals surface area contributed by atoms with Gasteiger partial charge in [-0.3, -0.25) is 0 Å². The lowest BCUT2D eigenvalue weighted by molar-refractivity contribution is 0.555. The van der Waals surface area contributed by atoms with Crippen LogP contribution in [0, 0.1) is 5.92 Å². The molecule has 0 bridgehead atoms. The second kappa shape index (κ2) is 30.8. The van der Waals surface area contributed by atoms with Gasteiger partial charge in [-0.15, -0.1) is 0 Å². The van der Waals surface area contributed by atoms with Crippen molar-refractivity contribution in [3.8, 4) is 0 Å². The molecule has 0 fully saturated rings. The highest BCUT2D eigenvalue weighted by Crippen LogP contribution is 2.45. The van der Waals surface area contributed by atoms with Crippen molar-refractivity contribution in [1.82, 2.24) is 0 Å². The molecule has 3 rings (SSSR count). The third-order valence-corrected chi connectivity index (χ3v) is 12.1. The van der Waals surface area contributed by atoms with Crippen LogP contribution in [-0.4, -0.2) is 0 Å². The third-order valence-electron chi connectivity index (χ3n) is 12.1. The van der Waals surface area contributed by atoms with Crippen molar-refractivity contribution in [2.45, 2.75) is 226 Å². The Bertz CT molecular complexity index is 1240. The van der Waals surface area contributed by atoms with Gasteiger partial charge in [0, 0.05) is 5.92 Å². The zero-order valence-electron chi connectivity index (χ0n) is 36.2. The Morgan fingerprint density at radius 1 is 0.333 bits per heavy atom. The number of aryl methyl sites for hydroxylation is 3. The zero-order valence-corrected chi connectivity index (χ0v) is 36.2. The van der Waals surface area contributed by atoms with Gasteiger partial charge in [0.05, 0.1) is 0 Å². The maximum absolute atomic E-state index is 2.53. The highest BCUT2D eigenvalue weighted by molar-refractivity contribution is 5.57. The first-order valence-electron chi connectivity index (χ1n) is 23.9. The summed E-state index contributed by atoms with van der Waals surface area (Å²) in [5.74, 6) is 2.05. The highest BCUT2D eigenvalue weighted by Gasteiger charge is 2.31. The summed E-state index contributed by atoms with van der Waals surface area (Å²) in [6.07, 6.45) is 40.2. The minimum atomic E-state index is 0.415. The van der Waals surface area contributed by atoms with Crippen LogP contribution in [0.5, 0.6) is 0 Å². The Kier molecular flexibility index (Phi) is 26.3. The molecule has 301 valence electrons. The largest absolute Gasteiger partial charge is 0.0654 e. The molecule has 0 aliphatic heterocycles. The average Bonchev–Trinajstić information content (AvgIpc) is 3.20. The van der Waals surface area contributed by atoms with Crippen molar-refractivity contribution in [1.29, 1.82) is 0 Å². The third kappa shape index (κ3) is 18.1. The summed E-state index contributed by atoms with van der Waals surface area (Å²) in [5.41, 5.74) is 9.46. The number of hydrogen-bond acceptors (Lipinski definition) is 0. The van der Waals surface area contributed by atoms with E-state index in [-0.39, 0.29) is 0 Å². The Hall–Kier alpha value is -2.34. The summed E-state index contributed by atoms with van der Waals surface area (Å²) in [4.78, 5) is 0. The van der Waals surface area contributed by atoms with E-state index in [9.17, 15) is 0 Å². The first kappa shape index (κ1) is 46.0. The molecule has 0 nitrogen and oxygen atoms in total. The summed E-state index contributed by atoms with van der Waals surface area (Å²) in [6, 6.07) is 29.0. The van der Waals surface area contributed by atoms with Gasteiger partial charge in [-0.2, -0.15) is 0 Å². The van der Waals surface area contributed by atoms with Crippen LogP contribution in [0.15, 0.2) is 72.8 Å². The van der Waals surface area contributed by atoms with Crippen LogP contribution in [0.1, 0.15) is 240 Å². The lowest BCUT2D eigenvalue weighted by Gasteiger charge is -2.33. The topological polar surface area (TPSA) is 0 Å². The molecule has 54 heavy (non-hydrogen) atoms. The van der Waals surface area contributed by atoms with Crippen LogP contribution in [0.4, 0.5) is 0 Å². The summed E-state index contributed by atoms with van der Waals surface area (Å²) < 4.78 is 0. The second-order valence-corrected chi connectivity index (χ2v) is 16.8. The van der Waals surface area contributed by atoms with E-state index in [1.807, 2.05) is 0 Å². The Morgan fingerprint density at radius 2 is 0.648 bits per heavy atom. The lowest BCUT2D eigenvalue weighted by atomic mass is 9.70. The Morgan fingerprint density at radius 3 is 1.07 bits per heavy atom. The van der Waals surface area contributed by atoms with Crippen molar-refractivity contribution in [2.24, 2.45) is 0 Å². The van der Waals surface area contributed by atoms with Gasteiger partial charge < -0.3 is 0 Å². The summed E-state index contributed by atoms with van der Waals surface area (Å²) in [7, 11) is 0. The molecule has 0 spiro atoms. The summed E-state index contributed by atoms with van der Waals surface area (Å²) in [5, 5.41) is 0. The molecule has 0 amide bonds. The molecule has 1 unspecified atom stereocenters. The van der Waals surface area contributed by atoms with E-state index >= 15 is 0 Å². The van der Waals surface area contributed by atoms with Crippen molar-refractivity contribution in [3.63, 3.8) is 0 Å². The minimum Gasteiger partial charge on any atom is -0.0654 e. The highest BCUT2D eigenvalue weighted by atomic mass is 14.3. The molecule has 3 aromatic rings. The van der Waals surface area contributed by atoms with Crippen LogP contribution in [0.2, 0.25) is 0 Å². The fraction of sp³-hybridized carbons (Fsp3) is 0.648. The normalized spacial score (nSPS) is 12.2. The summed E-state index contributed by atoms with van der Waals surface area (Å²) >= 11 is 0. The van der Waals surface area contributed by atoms with Crippen LogP contribution < -0.4 is 0 Å². The van der Waals surface area contributed by atoms with E-state index < -0.39 is 0 Å². The fourth-order valence-corrected chi connectivity index (χ4v) is 8.85. The van der Waals surface area contributed by atoms with Gasteiger partial charge in [0.15, 0.2) is 0 Å². The maximum Gasteiger partial charge on any atom is 0.0420 e. The zero-order chi connectivity index (χ0) is 38.3. The molecule has 0 saturated heterocycles. The standard InChI is InChI=1S/C54H85/c1-5-9-13-17-20-24-27-37-47-40-31-34-43-50(47)53(46-30-23-16-12-8-4)54(51-44-35-32-41-48(51)38-28-25-21-18-14-10-6-2)52-45-36-33-42-49(52)39-29-26-22-19-15-11-7-3/h31-36,40-45,53H,5-30,37-39,46H2,1-4H3. The SMILES string of the molecule is CCCCCCCCCc1ccccc1[C](c1ccccc1CCCCCCCCC)C(CCCCCCC)c1ccccc1CCCCCCCCC. The lowest BCUT2D eigenvalue weighted by Crippen LogP contribution is -2.19. The van der Waals surface area contributed by atoms with E-state index in [1.54, 1.807) is 39.3 Å². The molecule has 0 N–H and O–H groups in total. The van der Waals surface area contributed by atoms with Gasteiger partial charge in [0.1, 0.15) is 0 Å². The number of benzene rings is 3. The van der Waals surface area contributed by atoms with Gasteiger partial charge in [0.25, 0.3) is 0 Å². The Balaban J connectivity index is 2.00. The van der Waals surface area contributed by atoms with Crippen LogP contribution in [0.25, 0.3) is 0 Å². The van der Waals surface area contributed by atoms with Crippen LogP contribution in [-0.2, 0) is 19.3 Å². The smallest absolute Gasteiger partial charge is 0.0420 e. The number of rotatable bonds is 34. The number of hydrogen-bond donors (Lipinski definition) is 0. The molecular formula is C54H85. The molecule has 0 aromatic heterocycles. The van der Waals surface area contributed by atoms with E-state index in [4.69, 9.17) is 0 Å². The summed E-state index contributed by atoms with van der Waals surface area (Å²) in [6.45, 7) is 9.32. The first-order valence-corrected chi connectivity index (χ1v) is 23.9. The van der Waals surface area contributed by atoms with Crippen molar-refractivity contribution >= 4 is 0 Å². The molecule has 1 atom stereocenters. The van der Waals surface area contributed by atoms with E-state index in [0.717, 1.165) is 0 Å². The average molecular weight is 734 g/mol. The molecule has 3 aromatic carbocycles. The maximum atomic E-state index is 2.53. The molecule has 0 aliphatic carbocycles. The van der Waals surface area contributed by atoms with Gasteiger partial charge >= 0.3 is 0 Å². The predicted octanol–water partition coefficient (Wildman–Crippen LogP) is 17.7. The molecule has 0 aliphatic rings. The van der Waals surface area contributed by atoms with Crippen molar-refractivity contribution < 1.29 is 0 Å². The van der Waals surface area contributed by atoms with Crippen LogP contribution in [0.3, 0.4) is 0 Å².